The quantitative estimate of drug-likeness (QED) is 0.789. The van der Waals surface area contributed by atoms with Crippen molar-refractivity contribution in [2.45, 2.75) is 6.54 Å². The molecule has 2 aromatic heterocycles. The molecule has 80 valence electrons. The fourth-order valence-corrected chi connectivity index (χ4v) is 1.29. The van der Waals surface area contributed by atoms with E-state index in [1.807, 2.05) is 0 Å². The van der Waals surface area contributed by atoms with Gasteiger partial charge < -0.3 is 15.3 Å². The molecular formula is C9H10FN3O2. The van der Waals surface area contributed by atoms with Gasteiger partial charge in [0.15, 0.2) is 23.1 Å². The van der Waals surface area contributed by atoms with Gasteiger partial charge in [0.25, 0.3) is 0 Å². The van der Waals surface area contributed by atoms with Gasteiger partial charge >= 0.3 is 0 Å². The van der Waals surface area contributed by atoms with Gasteiger partial charge in [-0.2, -0.15) is 5.10 Å². The Bertz CT molecular complexity index is 450. The lowest BCUT2D eigenvalue weighted by Gasteiger charge is -1.98. The largest absolute Gasteiger partial charge is 0.463 e. The maximum atomic E-state index is 13.6. The number of nitrogens with two attached hydrogens (primary N) is 1. The van der Waals surface area contributed by atoms with E-state index in [2.05, 4.69) is 5.10 Å². The Balaban J connectivity index is 2.45. The zero-order valence-corrected chi connectivity index (χ0v) is 7.85. The molecule has 0 bridgehead atoms. The van der Waals surface area contributed by atoms with E-state index in [0.29, 0.717) is 5.76 Å². The number of anilines is 1. The van der Waals surface area contributed by atoms with E-state index in [9.17, 15) is 4.39 Å². The smallest absolute Gasteiger partial charge is 0.196 e. The van der Waals surface area contributed by atoms with Gasteiger partial charge in [-0.05, 0) is 12.1 Å². The highest BCUT2D eigenvalue weighted by molar-refractivity contribution is 5.57. The first-order valence-electron chi connectivity index (χ1n) is 4.40. The van der Waals surface area contributed by atoms with Crippen LogP contribution in [0.15, 0.2) is 22.8 Å². The highest BCUT2D eigenvalue weighted by atomic mass is 19.1. The molecular weight excluding hydrogens is 201 g/mol. The predicted octanol–water partition coefficient (Wildman–Crippen LogP) is 0.857. The predicted molar refractivity (Wildman–Crippen MR) is 51.4 cm³/mol. The number of nitrogens with zero attached hydrogens (tertiary/aromatic N) is 2. The SMILES string of the molecule is Nc1c(F)c(-c2ccco2)nn1CCO. The molecule has 6 heteroatoms. The Morgan fingerprint density at radius 3 is 3.00 bits per heavy atom. The van der Waals surface area contributed by atoms with Crippen LogP contribution in [0, 0.1) is 5.82 Å². The third kappa shape index (κ3) is 1.59. The lowest BCUT2D eigenvalue weighted by molar-refractivity contribution is 0.270. The minimum atomic E-state index is -0.626. The Labute approximate surface area is 84.9 Å². The van der Waals surface area contributed by atoms with Gasteiger partial charge in [0.05, 0.1) is 19.4 Å². The van der Waals surface area contributed by atoms with E-state index in [1.165, 1.54) is 10.9 Å². The van der Waals surface area contributed by atoms with Crippen LogP contribution in [0.25, 0.3) is 11.5 Å². The van der Waals surface area contributed by atoms with Gasteiger partial charge in [0.2, 0.25) is 0 Å². The fourth-order valence-electron chi connectivity index (χ4n) is 1.29. The van der Waals surface area contributed by atoms with Crippen LogP contribution in [0.1, 0.15) is 0 Å². The van der Waals surface area contributed by atoms with Gasteiger partial charge in [-0.15, -0.1) is 0 Å². The minimum Gasteiger partial charge on any atom is -0.463 e. The summed E-state index contributed by atoms with van der Waals surface area (Å²) in [4.78, 5) is 0. The molecule has 0 saturated heterocycles. The van der Waals surface area contributed by atoms with Crippen LogP contribution in [0.2, 0.25) is 0 Å². The number of hydrogen-bond acceptors (Lipinski definition) is 4. The second-order valence-corrected chi connectivity index (χ2v) is 2.97. The summed E-state index contributed by atoms with van der Waals surface area (Å²) < 4.78 is 19.8. The minimum absolute atomic E-state index is 0.0611. The van der Waals surface area contributed by atoms with E-state index in [4.69, 9.17) is 15.3 Å². The number of furan rings is 1. The van der Waals surface area contributed by atoms with Crippen molar-refractivity contribution < 1.29 is 13.9 Å². The van der Waals surface area contributed by atoms with Gasteiger partial charge in [-0.25, -0.2) is 9.07 Å². The Morgan fingerprint density at radius 2 is 2.40 bits per heavy atom. The third-order valence-corrected chi connectivity index (χ3v) is 2.00. The number of aromatic nitrogens is 2. The van der Waals surface area contributed by atoms with Crippen LogP contribution in [0.3, 0.4) is 0 Å². The van der Waals surface area contributed by atoms with Crippen LogP contribution < -0.4 is 5.73 Å². The molecule has 2 aromatic rings. The summed E-state index contributed by atoms with van der Waals surface area (Å²) in [5.74, 6) is -0.412. The molecule has 0 aliphatic rings. The Hall–Kier alpha value is -1.82. The van der Waals surface area contributed by atoms with Crippen LogP contribution in [-0.4, -0.2) is 21.5 Å². The number of aliphatic hydroxyl groups is 1. The molecule has 0 aliphatic heterocycles. The highest BCUT2D eigenvalue weighted by Crippen LogP contribution is 2.25. The summed E-state index contributed by atoms with van der Waals surface area (Å²) in [6.07, 6.45) is 1.43. The zero-order valence-electron chi connectivity index (χ0n) is 7.85. The first-order valence-corrected chi connectivity index (χ1v) is 4.40. The lowest BCUT2D eigenvalue weighted by Crippen LogP contribution is -2.07. The van der Waals surface area contributed by atoms with E-state index in [1.54, 1.807) is 12.1 Å². The topological polar surface area (TPSA) is 77.2 Å². The monoisotopic (exact) mass is 211 g/mol. The number of nitrogen functional groups attached to an aromatic ring is 1. The first kappa shape index (κ1) is 9.72. The van der Waals surface area contributed by atoms with Crippen LogP contribution >= 0.6 is 0 Å². The Morgan fingerprint density at radius 1 is 1.60 bits per heavy atom. The first-order chi connectivity index (χ1) is 7.24. The summed E-state index contributed by atoms with van der Waals surface area (Å²) in [6.45, 7) is 0.00633. The zero-order chi connectivity index (χ0) is 10.8. The van der Waals surface area contributed by atoms with E-state index < -0.39 is 5.82 Å². The molecule has 0 amide bonds. The molecule has 15 heavy (non-hydrogen) atoms. The molecule has 5 nitrogen and oxygen atoms in total. The van der Waals surface area contributed by atoms with Gasteiger partial charge in [-0.3, -0.25) is 0 Å². The number of aliphatic hydroxyl groups excluding tert-OH is 1. The van der Waals surface area contributed by atoms with Crippen molar-refractivity contribution in [1.82, 2.24) is 9.78 Å². The summed E-state index contributed by atoms with van der Waals surface area (Å²) in [5, 5.41) is 12.6. The molecule has 0 spiro atoms. The van der Waals surface area contributed by atoms with Crippen molar-refractivity contribution in [2.24, 2.45) is 0 Å². The summed E-state index contributed by atoms with van der Waals surface area (Å²) >= 11 is 0. The fraction of sp³-hybridized carbons (Fsp3) is 0.222. The summed E-state index contributed by atoms with van der Waals surface area (Å²) in [6, 6.07) is 3.23. The standard InChI is InChI=1S/C9H10FN3O2/c10-7-8(6-2-1-5-15-6)12-13(3-4-14)9(7)11/h1-2,5,14H,3-4,11H2. The van der Waals surface area contributed by atoms with Crippen molar-refractivity contribution >= 4 is 5.82 Å². The van der Waals surface area contributed by atoms with Crippen LogP contribution in [-0.2, 0) is 6.54 Å². The molecule has 0 aliphatic carbocycles. The average molecular weight is 211 g/mol. The van der Waals surface area contributed by atoms with Crippen molar-refractivity contribution in [3.8, 4) is 11.5 Å². The average Bonchev–Trinajstić information content (AvgIpc) is 2.82. The molecule has 0 atom stereocenters. The molecule has 0 aromatic carbocycles. The normalized spacial score (nSPS) is 10.8. The van der Waals surface area contributed by atoms with Crippen LogP contribution in [0.5, 0.6) is 0 Å². The second kappa shape index (κ2) is 3.74. The summed E-state index contributed by atoms with van der Waals surface area (Å²) in [5.41, 5.74) is 5.53. The maximum absolute atomic E-state index is 13.6. The second-order valence-electron chi connectivity index (χ2n) is 2.97. The van der Waals surface area contributed by atoms with Crippen LogP contribution in [0.4, 0.5) is 10.2 Å². The Kier molecular flexibility index (Phi) is 2.42. The van der Waals surface area contributed by atoms with Gasteiger partial charge in [-0.1, -0.05) is 0 Å². The molecule has 3 N–H and O–H groups in total. The molecule has 2 heterocycles. The summed E-state index contributed by atoms with van der Waals surface area (Å²) in [7, 11) is 0. The van der Waals surface area contributed by atoms with Gasteiger partial charge in [0, 0.05) is 0 Å². The van der Waals surface area contributed by atoms with E-state index >= 15 is 0 Å². The number of hydrogen-bond donors (Lipinski definition) is 2. The third-order valence-electron chi connectivity index (χ3n) is 2.00. The molecule has 0 radical (unpaired) electrons. The molecule has 0 saturated carbocycles. The lowest BCUT2D eigenvalue weighted by atomic mass is 10.3. The number of rotatable bonds is 3. The van der Waals surface area contributed by atoms with E-state index in [0.717, 1.165) is 0 Å². The van der Waals surface area contributed by atoms with E-state index in [-0.39, 0.29) is 24.7 Å². The van der Waals surface area contributed by atoms with Crippen molar-refractivity contribution in [3.63, 3.8) is 0 Å². The number of halogens is 1. The maximum Gasteiger partial charge on any atom is 0.196 e. The van der Waals surface area contributed by atoms with Crippen molar-refractivity contribution in [1.29, 1.82) is 0 Å². The molecule has 0 fully saturated rings. The van der Waals surface area contributed by atoms with Crippen molar-refractivity contribution in [2.75, 3.05) is 12.3 Å². The van der Waals surface area contributed by atoms with Crippen molar-refractivity contribution in [3.05, 3.63) is 24.2 Å². The molecule has 2 rings (SSSR count). The highest BCUT2D eigenvalue weighted by Gasteiger charge is 2.18. The molecule has 0 unspecified atom stereocenters. The van der Waals surface area contributed by atoms with Gasteiger partial charge in [0.1, 0.15) is 0 Å².